The number of carbonyl (C=O) groups is 1. The molecular formula is C10H16O2. The molecule has 0 aromatic carbocycles. The second kappa shape index (κ2) is 3.74. The van der Waals surface area contributed by atoms with Gasteiger partial charge in [-0.1, -0.05) is 19.1 Å². The molecule has 0 aliphatic heterocycles. The van der Waals surface area contributed by atoms with Crippen molar-refractivity contribution in [3.63, 3.8) is 0 Å². The fourth-order valence-electron chi connectivity index (χ4n) is 1.42. The molecule has 68 valence electrons. The smallest absolute Gasteiger partial charge is 0.309 e. The molecule has 1 fully saturated rings. The summed E-state index contributed by atoms with van der Waals surface area (Å²) < 4.78 is 4.91. The Balaban J connectivity index is 2.32. The molecule has 0 radical (unpaired) electrons. The van der Waals surface area contributed by atoms with E-state index < -0.39 is 0 Å². The van der Waals surface area contributed by atoms with Crippen LogP contribution in [0, 0.1) is 11.8 Å². The minimum absolute atomic E-state index is 0.0444. The van der Waals surface area contributed by atoms with Crippen LogP contribution in [-0.4, -0.2) is 12.6 Å². The quantitative estimate of drug-likeness (QED) is 0.475. The van der Waals surface area contributed by atoms with Crippen molar-refractivity contribution in [2.75, 3.05) is 6.61 Å². The molecule has 2 heteroatoms. The van der Waals surface area contributed by atoms with Crippen LogP contribution in [0.15, 0.2) is 12.2 Å². The number of allylic oxidation sites excluding steroid dienone is 1. The van der Waals surface area contributed by atoms with E-state index in [1.807, 2.05) is 6.92 Å². The minimum Gasteiger partial charge on any atom is -0.466 e. The maximum atomic E-state index is 11.2. The lowest BCUT2D eigenvalue weighted by atomic mass is 10.1. The van der Waals surface area contributed by atoms with Crippen LogP contribution in [-0.2, 0) is 9.53 Å². The Kier molecular flexibility index (Phi) is 2.90. The summed E-state index contributed by atoms with van der Waals surface area (Å²) in [5.74, 6) is 0.489. The summed E-state index contributed by atoms with van der Waals surface area (Å²) in [6.45, 7) is 8.32. The summed E-state index contributed by atoms with van der Waals surface area (Å²) >= 11 is 0. The first-order chi connectivity index (χ1) is 5.70. The summed E-state index contributed by atoms with van der Waals surface area (Å²) in [4.78, 5) is 11.2. The van der Waals surface area contributed by atoms with Crippen LogP contribution in [0.5, 0.6) is 0 Å². The number of carbonyl (C=O) groups excluding carboxylic acids is 1. The number of ether oxygens (including phenoxy) is 1. The minimum atomic E-state index is -0.0444. The molecule has 0 bridgehead atoms. The first kappa shape index (κ1) is 9.30. The maximum absolute atomic E-state index is 11.2. The van der Waals surface area contributed by atoms with Crippen molar-refractivity contribution < 1.29 is 9.53 Å². The molecule has 0 aromatic rings. The maximum Gasteiger partial charge on any atom is 0.309 e. The van der Waals surface area contributed by atoms with E-state index in [1.54, 1.807) is 0 Å². The van der Waals surface area contributed by atoms with Gasteiger partial charge in [0, 0.05) is 0 Å². The van der Waals surface area contributed by atoms with E-state index in [1.165, 1.54) is 5.57 Å². The van der Waals surface area contributed by atoms with Crippen LogP contribution in [0.3, 0.4) is 0 Å². The van der Waals surface area contributed by atoms with Crippen molar-refractivity contribution in [2.45, 2.75) is 26.7 Å². The van der Waals surface area contributed by atoms with Crippen LogP contribution in [0.25, 0.3) is 0 Å². The van der Waals surface area contributed by atoms with Crippen molar-refractivity contribution >= 4 is 5.97 Å². The first-order valence-electron chi connectivity index (χ1n) is 4.55. The topological polar surface area (TPSA) is 26.3 Å². The largest absolute Gasteiger partial charge is 0.466 e. The molecule has 0 spiro atoms. The summed E-state index contributed by atoms with van der Waals surface area (Å²) in [7, 11) is 0. The van der Waals surface area contributed by atoms with Crippen molar-refractivity contribution in [3.8, 4) is 0 Å². The van der Waals surface area contributed by atoms with E-state index in [0.29, 0.717) is 12.5 Å². The number of hydrogen-bond donors (Lipinski definition) is 0. The van der Waals surface area contributed by atoms with Gasteiger partial charge in [-0.05, 0) is 25.7 Å². The van der Waals surface area contributed by atoms with Gasteiger partial charge in [0.25, 0.3) is 0 Å². The Morgan fingerprint density at radius 1 is 1.50 bits per heavy atom. The van der Waals surface area contributed by atoms with E-state index in [4.69, 9.17) is 4.74 Å². The summed E-state index contributed by atoms with van der Waals surface area (Å²) in [5, 5.41) is 0. The fraction of sp³-hybridized carbons (Fsp3) is 0.700. The molecule has 1 rings (SSSR count). The van der Waals surface area contributed by atoms with E-state index in [-0.39, 0.29) is 11.9 Å². The highest BCUT2D eigenvalue weighted by Crippen LogP contribution is 2.45. The third-order valence-electron chi connectivity index (χ3n) is 2.36. The Morgan fingerprint density at radius 3 is 2.67 bits per heavy atom. The van der Waals surface area contributed by atoms with Gasteiger partial charge in [0.15, 0.2) is 0 Å². The van der Waals surface area contributed by atoms with Crippen molar-refractivity contribution in [1.82, 2.24) is 0 Å². The van der Waals surface area contributed by atoms with Gasteiger partial charge in [-0.2, -0.15) is 0 Å². The average Bonchev–Trinajstić information content (AvgIpc) is 2.82. The Hall–Kier alpha value is -0.790. The lowest BCUT2D eigenvalue weighted by Crippen LogP contribution is -2.07. The molecule has 0 amide bonds. The van der Waals surface area contributed by atoms with Crippen molar-refractivity contribution in [2.24, 2.45) is 11.8 Å². The van der Waals surface area contributed by atoms with Crippen LogP contribution in [0.4, 0.5) is 0 Å². The standard InChI is InChI=1S/C10H16O2/c1-4-7(3)8-6-9(8)10(11)12-5-2/h8-9H,3-6H2,1-2H3. The normalized spacial score (nSPS) is 26.5. The molecule has 1 aliphatic carbocycles. The van der Waals surface area contributed by atoms with Crippen molar-refractivity contribution in [3.05, 3.63) is 12.2 Å². The van der Waals surface area contributed by atoms with Gasteiger partial charge in [0.05, 0.1) is 12.5 Å². The highest BCUT2D eigenvalue weighted by atomic mass is 16.5. The molecule has 0 aromatic heterocycles. The van der Waals surface area contributed by atoms with E-state index in [0.717, 1.165) is 12.8 Å². The van der Waals surface area contributed by atoms with Crippen LogP contribution < -0.4 is 0 Å². The number of rotatable bonds is 4. The molecule has 0 N–H and O–H groups in total. The second-order valence-corrected chi connectivity index (χ2v) is 3.21. The van der Waals surface area contributed by atoms with Gasteiger partial charge >= 0.3 is 5.97 Å². The summed E-state index contributed by atoms with van der Waals surface area (Å²) in [6, 6.07) is 0. The summed E-state index contributed by atoms with van der Waals surface area (Å²) in [5.41, 5.74) is 1.19. The van der Waals surface area contributed by atoms with Crippen LogP contribution >= 0.6 is 0 Å². The number of hydrogen-bond acceptors (Lipinski definition) is 2. The molecule has 2 atom stereocenters. The van der Waals surface area contributed by atoms with Gasteiger partial charge in [0.2, 0.25) is 0 Å². The second-order valence-electron chi connectivity index (χ2n) is 3.21. The Labute approximate surface area is 73.6 Å². The third-order valence-corrected chi connectivity index (χ3v) is 2.36. The SMILES string of the molecule is C=C(CC)C1CC1C(=O)OCC. The van der Waals surface area contributed by atoms with Crippen LogP contribution in [0.1, 0.15) is 26.7 Å². The molecule has 2 unspecified atom stereocenters. The molecule has 2 nitrogen and oxygen atoms in total. The fourth-order valence-corrected chi connectivity index (χ4v) is 1.42. The Bertz CT molecular complexity index is 196. The molecule has 12 heavy (non-hydrogen) atoms. The zero-order chi connectivity index (χ0) is 9.14. The Morgan fingerprint density at radius 2 is 2.17 bits per heavy atom. The van der Waals surface area contributed by atoms with Gasteiger partial charge in [-0.15, -0.1) is 0 Å². The monoisotopic (exact) mass is 168 g/mol. The molecule has 0 saturated heterocycles. The molecule has 1 aliphatic rings. The molecule has 1 saturated carbocycles. The van der Waals surface area contributed by atoms with Gasteiger partial charge in [-0.25, -0.2) is 0 Å². The average molecular weight is 168 g/mol. The number of esters is 1. The van der Waals surface area contributed by atoms with Gasteiger partial charge in [-0.3, -0.25) is 4.79 Å². The van der Waals surface area contributed by atoms with Gasteiger partial charge in [0.1, 0.15) is 0 Å². The lowest BCUT2D eigenvalue weighted by Gasteiger charge is -2.01. The predicted octanol–water partition coefficient (Wildman–Crippen LogP) is 2.15. The van der Waals surface area contributed by atoms with E-state index in [9.17, 15) is 4.79 Å². The highest BCUT2D eigenvalue weighted by molar-refractivity contribution is 5.76. The zero-order valence-electron chi connectivity index (χ0n) is 7.80. The predicted molar refractivity (Wildman–Crippen MR) is 47.7 cm³/mol. The third kappa shape index (κ3) is 1.87. The van der Waals surface area contributed by atoms with Crippen LogP contribution in [0.2, 0.25) is 0 Å². The summed E-state index contributed by atoms with van der Waals surface area (Å²) in [6.07, 6.45) is 1.92. The highest BCUT2D eigenvalue weighted by Gasteiger charge is 2.44. The first-order valence-corrected chi connectivity index (χ1v) is 4.55. The lowest BCUT2D eigenvalue weighted by molar-refractivity contribution is -0.144. The van der Waals surface area contributed by atoms with Gasteiger partial charge < -0.3 is 4.74 Å². The van der Waals surface area contributed by atoms with Crippen molar-refractivity contribution in [1.29, 1.82) is 0 Å². The molecular weight excluding hydrogens is 152 g/mol. The van der Waals surface area contributed by atoms with E-state index in [2.05, 4.69) is 13.5 Å². The molecule has 0 heterocycles. The van der Waals surface area contributed by atoms with E-state index >= 15 is 0 Å². The zero-order valence-corrected chi connectivity index (χ0v) is 7.80.